The Morgan fingerprint density at radius 2 is 1.59 bits per heavy atom. The highest BCUT2D eigenvalue weighted by atomic mass is 19.1. The Balaban J connectivity index is 1.30. The molecule has 0 aliphatic carbocycles. The van der Waals surface area contributed by atoms with Gasteiger partial charge in [0, 0.05) is 23.2 Å². The lowest BCUT2D eigenvalue weighted by atomic mass is 10.00. The van der Waals surface area contributed by atoms with E-state index in [0.29, 0.717) is 28.1 Å². The second-order valence-corrected chi connectivity index (χ2v) is 9.54. The van der Waals surface area contributed by atoms with Crippen molar-refractivity contribution in [1.82, 2.24) is 5.32 Å². The van der Waals surface area contributed by atoms with Crippen LogP contribution in [0.25, 0.3) is 0 Å². The summed E-state index contributed by atoms with van der Waals surface area (Å²) in [5.41, 5.74) is 2.72. The minimum absolute atomic E-state index is 0.178. The number of amides is 1. The van der Waals surface area contributed by atoms with E-state index in [1.807, 2.05) is 6.07 Å². The number of benzene rings is 4. The Hall–Kier alpha value is -4.98. The van der Waals surface area contributed by atoms with Crippen molar-refractivity contribution in [2.45, 2.75) is 25.3 Å². The van der Waals surface area contributed by atoms with Crippen molar-refractivity contribution in [3.63, 3.8) is 0 Å². The normalized spacial score (nSPS) is 12.1. The number of nitrogens with one attached hydrogen (secondary N) is 2. The van der Waals surface area contributed by atoms with Crippen LogP contribution < -0.4 is 15.4 Å². The standard InChI is InChI=1S/C33H31FN2O5/c1-22(25-10-7-11-26(34)21-25)32(38)35-18-19-41-27-16-14-23(15-17-27)20-30(33(39)40)36-29-13-6-5-12-28(29)31(37)24-8-3-2-4-9-24/h2-17,21-22,30,36H,18-20H2,1H3,(H,35,38)(H,39,40). The monoisotopic (exact) mass is 554 g/mol. The van der Waals surface area contributed by atoms with Gasteiger partial charge in [-0.1, -0.05) is 66.7 Å². The highest BCUT2D eigenvalue weighted by molar-refractivity contribution is 6.12. The first-order valence-corrected chi connectivity index (χ1v) is 13.2. The molecule has 1 amide bonds. The number of halogens is 1. The molecular weight excluding hydrogens is 523 g/mol. The van der Waals surface area contributed by atoms with Crippen molar-refractivity contribution in [2.24, 2.45) is 0 Å². The van der Waals surface area contributed by atoms with Gasteiger partial charge in [-0.15, -0.1) is 0 Å². The molecule has 210 valence electrons. The molecule has 2 unspecified atom stereocenters. The average Bonchev–Trinajstić information content (AvgIpc) is 2.99. The molecule has 0 aliphatic rings. The summed E-state index contributed by atoms with van der Waals surface area (Å²) in [4.78, 5) is 37.5. The number of aliphatic carboxylic acids is 1. The third-order valence-corrected chi connectivity index (χ3v) is 6.61. The number of rotatable bonds is 13. The SMILES string of the molecule is CC(C(=O)NCCOc1ccc(CC(Nc2ccccc2C(=O)c2ccccc2)C(=O)O)cc1)c1cccc(F)c1. The quantitative estimate of drug-likeness (QED) is 0.150. The minimum atomic E-state index is -1.05. The lowest BCUT2D eigenvalue weighted by Gasteiger charge is -2.18. The molecule has 0 aliphatic heterocycles. The molecule has 0 saturated carbocycles. The molecule has 0 bridgehead atoms. The Bertz CT molecular complexity index is 1490. The van der Waals surface area contributed by atoms with Crippen molar-refractivity contribution in [3.05, 3.63) is 131 Å². The summed E-state index contributed by atoms with van der Waals surface area (Å²) in [6, 6.07) is 27.7. The maximum atomic E-state index is 13.4. The fourth-order valence-electron chi connectivity index (χ4n) is 4.32. The number of ketones is 1. The summed E-state index contributed by atoms with van der Waals surface area (Å²) in [5.74, 6) is -1.78. The van der Waals surface area contributed by atoms with E-state index < -0.39 is 17.9 Å². The summed E-state index contributed by atoms with van der Waals surface area (Å²) in [5, 5.41) is 15.7. The second kappa shape index (κ2) is 13.9. The lowest BCUT2D eigenvalue weighted by molar-refractivity contribution is -0.137. The Morgan fingerprint density at radius 3 is 2.29 bits per heavy atom. The van der Waals surface area contributed by atoms with E-state index >= 15 is 0 Å². The van der Waals surface area contributed by atoms with E-state index in [9.17, 15) is 23.9 Å². The zero-order valence-electron chi connectivity index (χ0n) is 22.5. The molecule has 0 spiro atoms. The van der Waals surface area contributed by atoms with Gasteiger partial charge in [0.2, 0.25) is 5.91 Å². The van der Waals surface area contributed by atoms with Gasteiger partial charge in [0.15, 0.2) is 5.78 Å². The third-order valence-electron chi connectivity index (χ3n) is 6.61. The third kappa shape index (κ3) is 8.02. The average molecular weight is 555 g/mol. The summed E-state index contributed by atoms with van der Waals surface area (Å²) in [6.07, 6.45) is 0.178. The minimum Gasteiger partial charge on any atom is -0.492 e. The Labute approximate surface area is 238 Å². The van der Waals surface area contributed by atoms with Gasteiger partial charge in [0.05, 0.1) is 12.5 Å². The smallest absolute Gasteiger partial charge is 0.326 e. The predicted octanol–water partition coefficient (Wildman–Crippen LogP) is 5.46. The van der Waals surface area contributed by atoms with Gasteiger partial charge in [-0.05, 0) is 54.4 Å². The number of ether oxygens (including phenoxy) is 1. The largest absolute Gasteiger partial charge is 0.492 e. The summed E-state index contributed by atoms with van der Waals surface area (Å²) < 4.78 is 19.1. The number of carbonyl (C=O) groups is 3. The second-order valence-electron chi connectivity index (χ2n) is 9.54. The maximum Gasteiger partial charge on any atom is 0.326 e. The van der Waals surface area contributed by atoms with Gasteiger partial charge in [-0.25, -0.2) is 9.18 Å². The number of carboxylic acids is 1. The number of para-hydroxylation sites is 1. The van der Waals surface area contributed by atoms with E-state index in [2.05, 4.69) is 10.6 Å². The molecule has 8 heteroatoms. The Morgan fingerprint density at radius 1 is 0.878 bits per heavy atom. The Kier molecular flexibility index (Phi) is 9.83. The summed E-state index contributed by atoms with van der Waals surface area (Å²) in [6.45, 7) is 2.21. The molecular formula is C33H31FN2O5. The van der Waals surface area contributed by atoms with Gasteiger partial charge in [0.1, 0.15) is 24.2 Å². The molecule has 4 rings (SSSR count). The van der Waals surface area contributed by atoms with Gasteiger partial charge in [-0.2, -0.15) is 0 Å². The molecule has 2 atom stereocenters. The molecule has 4 aromatic rings. The fraction of sp³-hybridized carbons (Fsp3) is 0.182. The highest BCUT2D eigenvalue weighted by Crippen LogP contribution is 2.22. The fourth-order valence-corrected chi connectivity index (χ4v) is 4.32. The molecule has 0 saturated heterocycles. The summed E-state index contributed by atoms with van der Waals surface area (Å²) >= 11 is 0. The predicted molar refractivity (Wildman–Crippen MR) is 155 cm³/mol. The molecule has 7 nitrogen and oxygen atoms in total. The van der Waals surface area contributed by atoms with Crippen molar-refractivity contribution in [3.8, 4) is 5.75 Å². The number of carbonyl (C=O) groups excluding carboxylic acids is 2. The van der Waals surface area contributed by atoms with E-state index in [1.165, 1.54) is 12.1 Å². The molecule has 4 aromatic carbocycles. The number of carboxylic acid groups (broad SMARTS) is 1. The van der Waals surface area contributed by atoms with Crippen LogP contribution in [0.5, 0.6) is 5.75 Å². The van der Waals surface area contributed by atoms with E-state index in [4.69, 9.17) is 4.74 Å². The van der Waals surface area contributed by atoms with Crippen molar-refractivity contribution >= 4 is 23.3 Å². The van der Waals surface area contributed by atoms with Crippen LogP contribution in [0.3, 0.4) is 0 Å². The van der Waals surface area contributed by atoms with Crippen molar-refractivity contribution < 1.29 is 28.6 Å². The highest BCUT2D eigenvalue weighted by Gasteiger charge is 2.21. The molecule has 41 heavy (non-hydrogen) atoms. The molecule has 0 aromatic heterocycles. The maximum absolute atomic E-state index is 13.4. The van der Waals surface area contributed by atoms with E-state index in [-0.39, 0.29) is 37.1 Å². The number of hydrogen-bond acceptors (Lipinski definition) is 5. The molecule has 0 fully saturated rings. The van der Waals surface area contributed by atoms with Crippen LogP contribution in [0.1, 0.15) is 39.9 Å². The van der Waals surface area contributed by atoms with Crippen molar-refractivity contribution in [2.75, 3.05) is 18.5 Å². The molecule has 3 N–H and O–H groups in total. The van der Waals surface area contributed by atoms with Gasteiger partial charge in [0.25, 0.3) is 0 Å². The first-order valence-electron chi connectivity index (χ1n) is 13.2. The van der Waals surface area contributed by atoms with Crippen LogP contribution in [0.15, 0.2) is 103 Å². The van der Waals surface area contributed by atoms with Crippen LogP contribution >= 0.6 is 0 Å². The molecule has 0 radical (unpaired) electrons. The number of hydrogen-bond donors (Lipinski definition) is 3. The van der Waals surface area contributed by atoms with E-state index in [1.54, 1.807) is 91.9 Å². The summed E-state index contributed by atoms with van der Waals surface area (Å²) in [7, 11) is 0. The first kappa shape index (κ1) is 29.0. The zero-order chi connectivity index (χ0) is 29.2. The van der Waals surface area contributed by atoms with Gasteiger partial charge in [-0.3, -0.25) is 9.59 Å². The van der Waals surface area contributed by atoms with Gasteiger partial charge < -0.3 is 20.5 Å². The van der Waals surface area contributed by atoms with Crippen LogP contribution in [-0.4, -0.2) is 42.0 Å². The van der Waals surface area contributed by atoms with Crippen molar-refractivity contribution in [1.29, 1.82) is 0 Å². The lowest BCUT2D eigenvalue weighted by Crippen LogP contribution is -2.32. The topological polar surface area (TPSA) is 105 Å². The van der Waals surface area contributed by atoms with E-state index in [0.717, 1.165) is 5.56 Å². The van der Waals surface area contributed by atoms with Gasteiger partial charge >= 0.3 is 5.97 Å². The van der Waals surface area contributed by atoms with Crippen LogP contribution in [0, 0.1) is 5.82 Å². The van der Waals surface area contributed by atoms with Crippen LogP contribution in [0.4, 0.5) is 10.1 Å². The number of anilines is 1. The van der Waals surface area contributed by atoms with Crippen LogP contribution in [-0.2, 0) is 16.0 Å². The first-order chi connectivity index (χ1) is 19.8. The zero-order valence-corrected chi connectivity index (χ0v) is 22.5. The van der Waals surface area contributed by atoms with Crippen LogP contribution in [0.2, 0.25) is 0 Å². The molecule has 0 heterocycles.